The van der Waals surface area contributed by atoms with E-state index in [1.165, 1.54) is 0 Å². The van der Waals surface area contributed by atoms with E-state index in [0.717, 1.165) is 11.3 Å². The molecule has 2 rings (SSSR count). The molecular weight excluding hydrogens is 278 g/mol. The summed E-state index contributed by atoms with van der Waals surface area (Å²) < 4.78 is 7.22. The van der Waals surface area contributed by atoms with E-state index in [4.69, 9.17) is 4.74 Å². The predicted octanol–water partition coefficient (Wildman–Crippen LogP) is 3.22. The lowest BCUT2D eigenvalue weighted by Crippen LogP contribution is -2.22. The lowest BCUT2D eigenvalue weighted by molar-refractivity contribution is -0.115. The number of hydrogen-bond donors (Lipinski definition) is 1. The molecule has 5 heteroatoms. The van der Waals surface area contributed by atoms with Crippen molar-refractivity contribution in [3.05, 3.63) is 42.2 Å². The molecule has 0 unspecified atom stereocenters. The molecule has 22 heavy (non-hydrogen) atoms. The van der Waals surface area contributed by atoms with Gasteiger partial charge in [-0.3, -0.25) is 9.48 Å². The minimum Gasteiger partial charge on any atom is -0.494 e. The fourth-order valence-corrected chi connectivity index (χ4v) is 2.01. The first kappa shape index (κ1) is 16.1. The summed E-state index contributed by atoms with van der Waals surface area (Å²) in [4.78, 5) is 12.1. The van der Waals surface area contributed by atoms with Crippen molar-refractivity contribution in [1.29, 1.82) is 0 Å². The van der Waals surface area contributed by atoms with Crippen LogP contribution in [0, 0.1) is 0 Å². The zero-order valence-corrected chi connectivity index (χ0v) is 13.6. The summed E-state index contributed by atoms with van der Waals surface area (Å²) in [7, 11) is 0. The maximum Gasteiger partial charge on any atom is 0.228 e. The number of amides is 1. The minimum absolute atomic E-state index is 0.0578. The molecule has 1 aromatic heterocycles. The van der Waals surface area contributed by atoms with Gasteiger partial charge in [0, 0.05) is 6.20 Å². The lowest BCUT2D eigenvalue weighted by Gasteiger charge is -2.18. The van der Waals surface area contributed by atoms with Crippen LogP contribution in [-0.4, -0.2) is 22.3 Å². The monoisotopic (exact) mass is 301 g/mol. The molecule has 2 aromatic rings. The fourth-order valence-electron chi connectivity index (χ4n) is 2.01. The molecule has 0 aliphatic rings. The Kier molecular flexibility index (Phi) is 4.85. The van der Waals surface area contributed by atoms with Gasteiger partial charge < -0.3 is 10.1 Å². The zero-order chi connectivity index (χ0) is 16.2. The van der Waals surface area contributed by atoms with Crippen LogP contribution in [0.15, 0.2) is 36.7 Å². The second-order valence-corrected chi connectivity index (χ2v) is 6.15. The first-order chi connectivity index (χ1) is 10.4. The van der Waals surface area contributed by atoms with Gasteiger partial charge in [0.2, 0.25) is 5.91 Å². The van der Waals surface area contributed by atoms with Gasteiger partial charge in [-0.2, -0.15) is 5.10 Å². The molecule has 0 bridgehead atoms. The van der Waals surface area contributed by atoms with Crippen molar-refractivity contribution >= 4 is 11.6 Å². The van der Waals surface area contributed by atoms with E-state index in [9.17, 15) is 4.79 Å². The van der Waals surface area contributed by atoms with Gasteiger partial charge >= 0.3 is 0 Å². The summed E-state index contributed by atoms with van der Waals surface area (Å²) in [6.07, 6.45) is 3.84. The number of rotatable bonds is 5. The standard InChI is InChI=1S/C17H23N3O2/c1-5-22-15-8-6-13(7-9-15)10-16(21)19-14-11-18-20(12-14)17(2,3)4/h6-9,11-12H,5,10H2,1-4H3,(H,19,21). The molecule has 1 aromatic carbocycles. The SMILES string of the molecule is CCOc1ccc(CC(=O)Nc2cnn(C(C)(C)C)c2)cc1. The average Bonchev–Trinajstić information content (AvgIpc) is 2.89. The maximum absolute atomic E-state index is 12.1. The second-order valence-electron chi connectivity index (χ2n) is 6.15. The molecule has 0 spiro atoms. The van der Waals surface area contributed by atoms with Gasteiger partial charge in [0.05, 0.1) is 30.5 Å². The molecule has 1 heterocycles. The summed E-state index contributed by atoms with van der Waals surface area (Å²) in [6, 6.07) is 7.57. The molecule has 0 saturated carbocycles. The van der Waals surface area contributed by atoms with Crippen molar-refractivity contribution in [3.8, 4) is 5.75 Å². The number of ether oxygens (including phenoxy) is 1. The molecule has 0 atom stereocenters. The molecule has 0 aliphatic heterocycles. The van der Waals surface area contributed by atoms with Gasteiger partial charge in [-0.05, 0) is 45.4 Å². The molecule has 0 aliphatic carbocycles. The smallest absolute Gasteiger partial charge is 0.228 e. The number of benzene rings is 1. The van der Waals surface area contributed by atoms with Crippen molar-refractivity contribution in [3.63, 3.8) is 0 Å². The van der Waals surface area contributed by atoms with Crippen LogP contribution in [0.2, 0.25) is 0 Å². The van der Waals surface area contributed by atoms with Crippen LogP contribution in [0.5, 0.6) is 5.75 Å². The van der Waals surface area contributed by atoms with Crippen molar-refractivity contribution in [2.45, 2.75) is 39.7 Å². The van der Waals surface area contributed by atoms with E-state index in [1.54, 1.807) is 6.20 Å². The van der Waals surface area contributed by atoms with Crippen LogP contribution in [0.1, 0.15) is 33.3 Å². The van der Waals surface area contributed by atoms with Crippen LogP contribution in [-0.2, 0) is 16.8 Å². The Bertz CT molecular complexity index is 624. The quantitative estimate of drug-likeness (QED) is 0.922. The first-order valence-electron chi connectivity index (χ1n) is 7.45. The molecule has 1 N–H and O–H groups in total. The van der Waals surface area contributed by atoms with Gasteiger partial charge in [0.25, 0.3) is 0 Å². The van der Waals surface area contributed by atoms with Crippen LogP contribution < -0.4 is 10.1 Å². The Morgan fingerprint density at radius 1 is 1.27 bits per heavy atom. The van der Waals surface area contributed by atoms with E-state index in [1.807, 2.05) is 42.1 Å². The van der Waals surface area contributed by atoms with Gasteiger partial charge in [-0.15, -0.1) is 0 Å². The third kappa shape index (κ3) is 4.35. The molecule has 118 valence electrons. The van der Waals surface area contributed by atoms with Gasteiger partial charge in [-0.25, -0.2) is 0 Å². The van der Waals surface area contributed by atoms with E-state index in [2.05, 4.69) is 31.2 Å². The second kappa shape index (κ2) is 6.64. The van der Waals surface area contributed by atoms with Crippen LogP contribution in [0.3, 0.4) is 0 Å². The number of anilines is 1. The van der Waals surface area contributed by atoms with Crippen LogP contribution in [0.4, 0.5) is 5.69 Å². The van der Waals surface area contributed by atoms with E-state index >= 15 is 0 Å². The summed E-state index contributed by atoms with van der Waals surface area (Å²) >= 11 is 0. The number of aromatic nitrogens is 2. The van der Waals surface area contributed by atoms with E-state index in [-0.39, 0.29) is 11.4 Å². The summed E-state index contributed by atoms with van der Waals surface area (Å²) in [5.41, 5.74) is 1.56. The highest BCUT2D eigenvalue weighted by Gasteiger charge is 2.14. The average molecular weight is 301 g/mol. The molecule has 1 amide bonds. The first-order valence-corrected chi connectivity index (χ1v) is 7.45. The number of carbonyl (C=O) groups excluding carboxylic acids is 1. The third-order valence-electron chi connectivity index (χ3n) is 3.15. The fraction of sp³-hybridized carbons (Fsp3) is 0.412. The van der Waals surface area contributed by atoms with Gasteiger partial charge in [0.1, 0.15) is 5.75 Å². The highest BCUT2D eigenvalue weighted by Crippen LogP contribution is 2.16. The molecule has 0 saturated heterocycles. The van der Waals surface area contributed by atoms with Gasteiger partial charge in [0.15, 0.2) is 0 Å². The molecule has 0 radical (unpaired) electrons. The molecular formula is C17H23N3O2. The highest BCUT2D eigenvalue weighted by molar-refractivity contribution is 5.92. The summed E-state index contributed by atoms with van der Waals surface area (Å²) in [5, 5.41) is 7.13. The van der Waals surface area contributed by atoms with Crippen molar-refractivity contribution < 1.29 is 9.53 Å². The molecule has 5 nitrogen and oxygen atoms in total. The van der Waals surface area contributed by atoms with Crippen molar-refractivity contribution in [1.82, 2.24) is 9.78 Å². The van der Waals surface area contributed by atoms with Gasteiger partial charge in [-0.1, -0.05) is 12.1 Å². The van der Waals surface area contributed by atoms with E-state index < -0.39 is 0 Å². The van der Waals surface area contributed by atoms with Crippen LogP contribution >= 0.6 is 0 Å². The van der Waals surface area contributed by atoms with Crippen LogP contribution in [0.25, 0.3) is 0 Å². The Morgan fingerprint density at radius 2 is 1.95 bits per heavy atom. The maximum atomic E-state index is 12.1. The van der Waals surface area contributed by atoms with Crippen molar-refractivity contribution in [2.75, 3.05) is 11.9 Å². The number of nitrogens with one attached hydrogen (secondary N) is 1. The Labute approximate surface area is 131 Å². The number of hydrogen-bond acceptors (Lipinski definition) is 3. The largest absolute Gasteiger partial charge is 0.494 e. The Balaban J connectivity index is 1.94. The summed E-state index contributed by atoms with van der Waals surface area (Å²) in [5.74, 6) is 0.760. The predicted molar refractivity (Wildman–Crippen MR) is 87.2 cm³/mol. The highest BCUT2D eigenvalue weighted by atomic mass is 16.5. The third-order valence-corrected chi connectivity index (χ3v) is 3.15. The molecule has 0 fully saturated rings. The minimum atomic E-state index is -0.0991. The normalized spacial score (nSPS) is 11.3. The van der Waals surface area contributed by atoms with Crippen molar-refractivity contribution in [2.24, 2.45) is 0 Å². The topological polar surface area (TPSA) is 56.1 Å². The Morgan fingerprint density at radius 3 is 2.50 bits per heavy atom. The number of carbonyl (C=O) groups is 1. The zero-order valence-electron chi connectivity index (χ0n) is 13.6. The Hall–Kier alpha value is -2.30. The van der Waals surface area contributed by atoms with E-state index in [0.29, 0.717) is 18.7 Å². The number of nitrogens with zero attached hydrogens (tertiary/aromatic N) is 2. The summed E-state index contributed by atoms with van der Waals surface area (Å²) in [6.45, 7) is 8.76. The lowest BCUT2D eigenvalue weighted by atomic mass is 10.1.